The second kappa shape index (κ2) is 5.78. The van der Waals surface area contributed by atoms with Crippen LogP contribution in [0.15, 0.2) is 36.4 Å². The number of anilines is 2. The fourth-order valence-corrected chi connectivity index (χ4v) is 2.78. The molecule has 21 heavy (non-hydrogen) atoms. The van der Waals surface area contributed by atoms with Crippen LogP contribution < -0.4 is 10.6 Å². The van der Waals surface area contributed by atoms with Gasteiger partial charge in [-0.15, -0.1) is 0 Å². The highest BCUT2D eigenvalue weighted by Gasteiger charge is 2.13. The summed E-state index contributed by atoms with van der Waals surface area (Å²) in [5, 5.41) is 6.92. The van der Waals surface area contributed by atoms with Crippen molar-refractivity contribution in [2.45, 2.75) is 19.8 Å². The van der Waals surface area contributed by atoms with E-state index >= 15 is 0 Å². The van der Waals surface area contributed by atoms with Crippen LogP contribution in [0.5, 0.6) is 0 Å². The molecule has 0 unspecified atom stereocenters. The number of halogens is 1. The summed E-state index contributed by atoms with van der Waals surface area (Å²) in [5.74, 6) is -0.126. The van der Waals surface area contributed by atoms with Crippen LogP contribution in [0, 0.1) is 6.92 Å². The fraction of sp³-hybridized carbons (Fsp3) is 0.235. The molecule has 0 saturated carbocycles. The highest BCUT2D eigenvalue weighted by Crippen LogP contribution is 2.26. The molecule has 1 amide bonds. The van der Waals surface area contributed by atoms with Gasteiger partial charge in [0.2, 0.25) is 0 Å². The Hall–Kier alpha value is -2.00. The molecule has 0 bridgehead atoms. The van der Waals surface area contributed by atoms with E-state index in [9.17, 15) is 4.79 Å². The average molecular weight is 301 g/mol. The number of rotatable bonds is 2. The average Bonchev–Trinajstić information content (AvgIpc) is 2.50. The summed E-state index contributed by atoms with van der Waals surface area (Å²) in [6.45, 7) is 2.87. The van der Waals surface area contributed by atoms with Gasteiger partial charge in [0.05, 0.1) is 0 Å². The third-order valence-corrected chi connectivity index (χ3v) is 4.22. The maximum Gasteiger partial charge on any atom is 0.255 e. The first-order valence-electron chi connectivity index (χ1n) is 7.08. The second-order valence-electron chi connectivity index (χ2n) is 5.27. The number of carbonyl (C=O) groups excluding carboxylic acids is 1. The molecule has 1 heterocycles. The molecular weight excluding hydrogens is 284 g/mol. The summed E-state index contributed by atoms with van der Waals surface area (Å²) >= 11 is 6.07. The van der Waals surface area contributed by atoms with Crippen molar-refractivity contribution >= 4 is 28.9 Å². The van der Waals surface area contributed by atoms with E-state index in [0.717, 1.165) is 36.3 Å². The van der Waals surface area contributed by atoms with E-state index in [2.05, 4.69) is 10.6 Å². The zero-order chi connectivity index (χ0) is 14.8. The Morgan fingerprint density at radius 1 is 1.29 bits per heavy atom. The molecule has 2 N–H and O–H groups in total. The summed E-state index contributed by atoms with van der Waals surface area (Å²) in [6, 6.07) is 11.4. The molecular formula is C17H17ClN2O. The lowest BCUT2D eigenvalue weighted by Gasteiger charge is -2.19. The van der Waals surface area contributed by atoms with Gasteiger partial charge < -0.3 is 10.6 Å². The monoisotopic (exact) mass is 300 g/mol. The van der Waals surface area contributed by atoms with E-state index < -0.39 is 0 Å². The van der Waals surface area contributed by atoms with Crippen molar-refractivity contribution in [3.05, 3.63) is 58.1 Å². The van der Waals surface area contributed by atoms with Crippen LogP contribution in [0.4, 0.5) is 11.4 Å². The molecule has 0 radical (unpaired) electrons. The first-order valence-corrected chi connectivity index (χ1v) is 7.46. The van der Waals surface area contributed by atoms with Gasteiger partial charge in [-0.25, -0.2) is 0 Å². The molecule has 0 atom stereocenters. The largest absolute Gasteiger partial charge is 0.385 e. The molecule has 2 aromatic carbocycles. The number of aryl methyl sites for hydroxylation is 1. The summed E-state index contributed by atoms with van der Waals surface area (Å²) in [6.07, 6.45) is 2.17. The van der Waals surface area contributed by atoms with Crippen LogP contribution in [-0.2, 0) is 6.42 Å². The summed E-state index contributed by atoms with van der Waals surface area (Å²) in [7, 11) is 0. The van der Waals surface area contributed by atoms with E-state index in [-0.39, 0.29) is 5.91 Å². The van der Waals surface area contributed by atoms with Crippen LogP contribution in [0.25, 0.3) is 0 Å². The third-order valence-electron chi connectivity index (χ3n) is 3.81. The van der Waals surface area contributed by atoms with Gasteiger partial charge in [0, 0.05) is 28.5 Å². The van der Waals surface area contributed by atoms with Gasteiger partial charge in [-0.2, -0.15) is 0 Å². The minimum atomic E-state index is -0.126. The van der Waals surface area contributed by atoms with Gasteiger partial charge >= 0.3 is 0 Å². The highest BCUT2D eigenvalue weighted by molar-refractivity contribution is 6.32. The number of hydrogen-bond donors (Lipinski definition) is 2. The molecule has 0 saturated heterocycles. The normalized spacial score (nSPS) is 13.2. The second-order valence-corrected chi connectivity index (χ2v) is 5.68. The molecule has 3 nitrogen and oxygen atoms in total. The molecule has 0 fully saturated rings. The number of fused-ring (bicyclic) bond motifs is 1. The lowest BCUT2D eigenvalue weighted by Crippen LogP contribution is -2.15. The van der Waals surface area contributed by atoms with Crippen LogP contribution in [0.1, 0.15) is 27.9 Å². The van der Waals surface area contributed by atoms with E-state index in [1.54, 1.807) is 18.2 Å². The molecule has 3 rings (SSSR count). The van der Waals surface area contributed by atoms with Gasteiger partial charge in [0.15, 0.2) is 0 Å². The van der Waals surface area contributed by atoms with Crippen LogP contribution in [0.3, 0.4) is 0 Å². The molecule has 0 spiro atoms. The van der Waals surface area contributed by atoms with Gasteiger partial charge in [-0.1, -0.05) is 17.7 Å². The zero-order valence-electron chi connectivity index (χ0n) is 11.9. The van der Waals surface area contributed by atoms with Crippen molar-refractivity contribution < 1.29 is 4.79 Å². The molecule has 108 valence electrons. The minimum absolute atomic E-state index is 0.126. The van der Waals surface area contributed by atoms with Crippen molar-refractivity contribution in [1.29, 1.82) is 0 Å². The van der Waals surface area contributed by atoms with E-state index in [4.69, 9.17) is 11.6 Å². The number of carbonyl (C=O) groups is 1. The third kappa shape index (κ3) is 2.88. The Labute approximate surface area is 129 Å². The topological polar surface area (TPSA) is 41.1 Å². The Bertz CT molecular complexity index is 697. The molecule has 4 heteroatoms. The van der Waals surface area contributed by atoms with Crippen molar-refractivity contribution in [2.75, 3.05) is 17.2 Å². The van der Waals surface area contributed by atoms with Crippen molar-refractivity contribution in [3.8, 4) is 0 Å². The first-order chi connectivity index (χ1) is 10.1. The van der Waals surface area contributed by atoms with Gasteiger partial charge in [0.1, 0.15) is 0 Å². The Kier molecular flexibility index (Phi) is 3.84. The maximum absolute atomic E-state index is 12.4. The predicted molar refractivity (Wildman–Crippen MR) is 87.4 cm³/mol. The number of hydrogen-bond acceptors (Lipinski definition) is 2. The highest BCUT2D eigenvalue weighted by atomic mass is 35.5. The van der Waals surface area contributed by atoms with E-state index in [1.807, 2.05) is 25.1 Å². The maximum atomic E-state index is 12.4. The van der Waals surface area contributed by atoms with Crippen LogP contribution in [-0.4, -0.2) is 12.5 Å². The Morgan fingerprint density at radius 3 is 3.00 bits per heavy atom. The van der Waals surface area contributed by atoms with Gasteiger partial charge in [-0.05, 0) is 61.2 Å². The van der Waals surface area contributed by atoms with Crippen LogP contribution in [0.2, 0.25) is 5.02 Å². The van der Waals surface area contributed by atoms with Crippen molar-refractivity contribution in [3.63, 3.8) is 0 Å². The van der Waals surface area contributed by atoms with Gasteiger partial charge in [0.25, 0.3) is 5.91 Å². The molecule has 2 aromatic rings. The summed E-state index contributed by atoms with van der Waals surface area (Å²) in [4.78, 5) is 12.4. The van der Waals surface area contributed by atoms with Gasteiger partial charge in [-0.3, -0.25) is 4.79 Å². The Morgan fingerprint density at radius 2 is 2.14 bits per heavy atom. The Balaban J connectivity index is 1.83. The molecule has 0 aliphatic carbocycles. The van der Waals surface area contributed by atoms with Crippen molar-refractivity contribution in [2.24, 2.45) is 0 Å². The van der Waals surface area contributed by atoms with E-state index in [0.29, 0.717) is 10.6 Å². The summed E-state index contributed by atoms with van der Waals surface area (Å²) in [5.41, 5.74) is 4.65. The fourth-order valence-electron chi connectivity index (χ4n) is 2.60. The number of benzene rings is 2. The SMILES string of the molecule is Cc1c(Cl)cccc1C(=O)Nc1ccc2c(c1)CCCN2. The standard InChI is InChI=1S/C17H17ClN2O/c1-11-14(5-2-6-15(11)18)17(21)20-13-7-8-16-12(10-13)4-3-9-19-16/h2,5-8,10,19H,3-4,9H2,1H3,(H,20,21). The lowest BCUT2D eigenvalue weighted by atomic mass is 10.0. The smallest absolute Gasteiger partial charge is 0.255 e. The molecule has 1 aliphatic heterocycles. The predicted octanol–water partition coefficient (Wildman–Crippen LogP) is 4.26. The molecule has 1 aliphatic rings. The zero-order valence-corrected chi connectivity index (χ0v) is 12.6. The summed E-state index contributed by atoms with van der Waals surface area (Å²) < 4.78 is 0. The first kappa shape index (κ1) is 14.0. The lowest BCUT2D eigenvalue weighted by molar-refractivity contribution is 0.102. The number of amides is 1. The molecule has 0 aromatic heterocycles. The van der Waals surface area contributed by atoms with Crippen molar-refractivity contribution in [1.82, 2.24) is 0 Å². The quantitative estimate of drug-likeness (QED) is 0.870. The van der Waals surface area contributed by atoms with E-state index in [1.165, 1.54) is 5.56 Å². The minimum Gasteiger partial charge on any atom is -0.385 e. The number of nitrogens with one attached hydrogen (secondary N) is 2. The van der Waals surface area contributed by atoms with Crippen LogP contribution >= 0.6 is 11.6 Å².